The molecule has 1 aromatic heterocycles. The number of carbonyl (C=O) groups is 1. The zero-order valence-corrected chi connectivity index (χ0v) is 7.16. The van der Waals surface area contributed by atoms with Crippen LogP contribution >= 0.6 is 0 Å². The minimum absolute atomic E-state index is 0.000255. The van der Waals surface area contributed by atoms with Crippen molar-refractivity contribution in [2.75, 3.05) is 0 Å². The Morgan fingerprint density at radius 1 is 1.45 bits per heavy atom. The molecule has 2 nitrogen and oxygen atoms in total. The van der Waals surface area contributed by atoms with Crippen molar-refractivity contribution in [2.24, 2.45) is 0 Å². The first-order chi connectivity index (χ1) is 5.05. The maximum absolute atomic E-state index is 10.5. The van der Waals surface area contributed by atoms with Crippen molar-refractivity contribution in [1.82, 2.24) is 4.57 Å². The van der Waals surface area contributed by atoms with Crippen LogP contribution in [0.3, 0.4) is 0 Å². The predicted octanol–water partition coefficient (Wildman–Crippen LogP) is 2.06. The first-order valence-electron chi connectivity index (χ1n) is 3.69. The summed E-state index contributed by atoms with van der Waals surface area (Å²) in [6.07, 6.45) is 2.80. The molecule has 0 amide bonds. The molecule has 0 bridgehead atoms. The van der Waals surface area contributed by atoms with Gasteiger partial charge >= 0.3 is 0 Å². The highest BCUT2D eigenvalue weighted by molar-refractivity contribution is 5.72. The lowest BCUT2D eigenvalue weighted by atomic mass is 10.1. The third-order valence-electron chi connectivity index (χ3n) is 1.62. The Kier molecular flexibility index (Phi) is 1.85. The first kappa shape index (κ1) is 8.05. The number of aromatic nitrogens is 1. The van der Waals surface area contributed by atoms with E-state index in [2.05, 4.69) is 20.8 Å². The maximum Gasteiger partial charge on any atom is 0.166 e. The van der Waals surface area contributed by atoms with E-state index in [0.717, 1.165) is 12.0 Å². The SMILES string of the molecule is CC(C)(C)n1cccc1C=O. The molecule has 0 aliphatic heterocycles. The lowest BCUT2D eigenvalue weighted by molar-refractivity contribution is 0.111. The van der Waals surface area contributed by atoms with E-state index in [1.807, 2.05) is 22.9 Å². The molecule has 0 radical (unpaired) electrons. The summed E-state index contributed by atoms with van der Waals surface area (Å²) in [5.41, 5.74) is 0.734. The van der Waals surface area contributed by atoms with Gasteiger partial charge in [-0.2, -0.15) is 0 Å². The zero-order valence-electron chi connectivity index (χ0n) is 7.16. The van der Waals surface area contributed by atoms with Gasteiger partial charge in [-0.25, -0.2) is 0 Å². The number of nitrogens with zero attached hydrogens (tertiary/aromatic N) is 1. The van der Waals surface area contributed by atoms with Crippen LogP contribution in [0.15, 0.2) is 18.3 Å². The lowest BCUT2D eigenvalue weighted by Gasteiger charge is -2.22. The van der Waals surface area contributed by atoms with Gasteiger partial charge in [-0.15, -0.1) is 0 Å². The highest BCUT2D eigenvalue weighted by atomic mass is 16.1. The summed E-state index contributed by atoms with van der Waals surface area (Å²) in [4.78, 5) is 10.5. The largest absolute Gasteiger partial charge is 0.340 e. The van der Waals surface area contributed by atoms with E-state index in [0.29, 0.717) is 0 Å². The number of rotatable bonds is 1. The van der Waals surface area contributed by atoms with Crippen LogP contribution in [0.25, 0.3) is 0 Å². The van der Waals surface area contributed by atoms with Gasteiger partial charge in [0.25, 0.3) is 0 Å². The van der Waals surface area contributed by atoms with Crippen LogP contribution in [-0.4, -0.2) is 10.9 Å². The van der Waals surface area contributed by atoms with Crippen LogP contribution in [0.2, 0.25) is 0 Å². The van der Waals surface area contributed by atoms with Gasteiger partial charge in [0.05, 0.1) is 5.69 Å². The van der Waals surface area contributed by atoms with E-state index in [4.69, 9.17) is 0 Å². The van der Waals surface area contributed by atoms with Gasteiger partial charge in [0.1, 0.15) is 0 Å². The van der Waals surface area contributed by atoms with E-state index in [-0.39, 0.29) is 5.54 Å². The van der Waals surface area contributed by atoms with Gasteiger partial charge < -0.3 is 4.57 Å². The molecular weight excluding hydrogens is 138 g/mol. The van der Waals surface area contributed by atoms with Crippen molar-refractivity contribution < 1.29 is 4.79 Å². The number of carbonyl (C=O) groups excluding carboxylic acids is 1. The van der Waals surface area contributed by atoms with Gasteiger partial charge in [0, 0.05) is 11.7 Å². The summed E-state index contributed by atoms with van der Waals surface area (Å²) in [5.74, 6) is 0. The Morgan fingerprint density at radius 2 is 2.09 bits per heavy atom. The van der Waals surface area contributed by atoms with Gasteiger partial charge in [-0.1, -0.05) is 0 Å². The summed E-state index contributed by atoms with van der Waals surface area (Å²) in [6, 6.07) is 3.70. The molecule has 2 heteroatoms. The number of aldehydes is 1. The third kappa shape index (κ3) is 1.50. The van der Waals surface area contributed by atoms with Crippen molar-refractivity contribution in [3.8, 4) is 0 Å². The highest BCUT2D eigenvalue weighted by Gasteiger charge is 2.14. The average molecular weight is 151 g/mol. The van der Waals surface area contributed by atoms with Gasteiger partial charge in [0.15, 0.2) is 6.29 Å². The maximum atomic E-state index is 10.5. The van der Waals surface area contributed by atoms with Crippen LogP contribution in [0.5, 0.6) is 0 Å². The van der Waals surface area contributed by atoms with Crippen LogP contribution < -0.4 is 0 Å². The van der Waals surface area contributed by atoms with E-state index >= 15 is 0 Å². The second-order valence-corrected chi connectivity index (χ2v) is 3.59. The summed E-state index contributed by atoms with van der Waals surface area (Å²) in [5, 5.41) is 0. The number of hydrogen-bond acceptors (Lipinski definition) is 1. The fraction of sp³-hybridized carbons (Fsp3) is 0.444. The van der Waals surface area contributed by atoms with Crippen molar-refractivity contribution >= 4 is 6.29 Å². The zero-order chi connectivity index (χ0) is 8.48. The van der Waals surface area contributed by atoms with E-state index in [1.54, 1.807) is 0 Å². The van der Waals surface area contributed by atoms with Crippen molar-refractivity contribution in [1.29, 1.82) is 0 Å². The van der Waals surface area contributed by atoms with Crippen molar-refractivity contribution in [3.05, 3.63) is 24.0 Å². The van der Waals surface area contributed by atoms with Gasteiger partial charge in [0.2, 0.25) is 0 Å². The molecule has 0 fully saturated rings. The van der Waals surface area contributed by atoms with E-state index < -0.39 is 0 Å². The normalized spacial score (nSPS) is 11.5. The Hall–Kier alpha value is -1.05. The molecule has 0 spiro atoms. The molecular formula is C9H13NO. The molecule has 0 aromatic carbocycles. The Bertz CT molecular complexity index is 255. The second-order valence-electron chi connectivity index (χ2n) is 3.59. The molecule has 0 atom stereocenters. The highest BCUT2D eigenvalue weighted by Crippen LogP contribution is 2.15. The van der Waals surface area contributed by atoms with E-state index in [9.17, 15) is 4.79 Å². The smallest absolute Gasteiger partial charge is 0.166 e. The fourth-order valence-electron chi connectivity index (χ4n) is 1.10. The summed E-state index contributed by atoms with van der Waals surface area (Å²) >= 11 is 0. The van der Waals surface area contributed by atoms with Crippen LogP contribution in [-0.2, 0) is 5.54 Å². The third-order valence-corrected chi connectivity index (χ3v) is 1.62. The summed E-state index contributed by atoms with van der Waals surface area (Å²) in [7, 11) is 0. The minimum Gasteiger partial charge on any atom is -0.340 e. The predicted molar refractivity (Wildman–Crippen MR) is 44.8 cm³/mol. The van der Waals surface area contributed by atoms with E-state index in [1.165, 1.54) is 0 Å². The standard InChI is InChI=1S/C9H13NO/c1-9(2,3)10-6-4-5-8(10)7-11/h4-7H,1-3H3. The molecule has 0 unspecified atom stereocenters. The first-order valence-corrected chi connectivity index (χ1v) is 3.69. The molecule has 0 aliphatic carbocycles. The topological polar surface area (TPSA) is 22.0 Å². The molecule has 11 heavy (non-hydrogen) atoms. The van der Waals surface area contributed by atoms with Crippen LogP contribution in [0.1, 0.15) is 31.3 Å². The number of hydrogen-bond donors (Lipinski definition) is 0. The average Bonchev–Trinajstić information content (AvgIpc) is 2.31. The Labute approximate surface area is 66.8 Å². The van der Waals surface area contributed by atoms with Crippen molar-refractivity contribution in [2.45, 2.75) is 26.3 Å². The molecule has 0 saturated carbocycles. The minimum atomic E-state index is -0.000255. The fourth-order valence-corrected chi connectivity index (χ4v) is 1.10. The molecule has 0 N–H and O–H groups in total. The lowest BCUT2D eigenvalue weighted by Crippen LogP contribution is -2.22. The van der Waals surface area contributed by atoms with Gasteiger partial charge in [-0.05, 0) is 32.9 Å². The van der Waals surface area contributed by atoms with Gasteiger partial charge in [-0.3, -0.25) is 4.79 Å². The van der Waals surface area contributed by atoms with Crippen LogP contribution in [0.4, 0.5) is 0 Å². The molecule has 0 aliphatic rings. The molecule has 1 rings (SSSR count). The van der Waals surface area contributed by atoms with Crippen molar-refractivity contribution in [3.63, 3.8) is 0 Å². The molecule has 1 aromatic rings. The molecule has 0 saturated heterocycles. The van der Waals surface area contributed by atoms with Crippen LogP contribution in [0, 0.1) is 0 Å². The summed E-state index contributed by atoms with van der Waals surface area (Å²) in [6.45, 7) is 6.21. The second kappa shape index (κ2) is 2.53. The quantitative estimate of drug-likeness (QED) is 0.563. The Morgan fingerprint density at radius 3 is 2.45 bits per heavy atom. The molecule has 60 valence electrons. The molecule has 1 heterocycles. The monoisotopic (exact) mass is 151 g/mol. The Balaban J connectivity index is 3.12. The summed E-state index contributed by atoms with van der Waals surface area (Å²) < 4.78 is 1.96.